The van der Waals surface area contributed by atoms with Gasteiger partial charge in [-0.05, 0) is 12.5 Å². The molecule has 1 aromatic rings. The van der Waals surface area contributed by atoms with Gasteiger partial charge in [0, 0.05) is 13.1 Å². The van der Waals surface area contributed by atoms with Gasteiger partial charge in [0.15, 0.2) is 9.84 Å². The van der Waals surface area contributed by atoms with Gasteiger partial charge in [-0.15, -0.1) is 0 Å². The van der Waals surface area contributed by atoms with Crippen molar-refractivity contribution in [2.24, 2.45) is 0 Å². The van der Waals surface area contributed by atoms with Gasteiger partial charge in [-0.1, -0.05) is 0 Å². The highest BCUT2D eigenvalue weighted by molar-refractivity contribution is 7.91. The number of nitrogens with two attached hydrogens (primary N) is 1. The Hall–Kier alpha value is -1.51. The molecule has 112 valence electrons. The fourth-order valence-corrected chi connectivity index (χ4v) is 3.97. The summed E-state index contributed by atoms with van der Waals surface area (Å²) >= 11 is 0. The van der Waals surface area contributed by atoms with E-state index in [4.69, 9.17) is 5.73 Å². The van der Waals surface area contributed by atoms with E-state index in [-0.39, 0.29) is 28.9 Å². The standard InChI is InChI=1S/C11H14F3N3O2S/c1-17(7-2-3-20(18,19)6-7)9-4-10(11(12,13)14)16-5-8(9)15/h4-5,7H,2-3,6,15H2,1H3. The van der Waals surface area contributed by atoms with Crippen LogP contribution in [0.4, 0.5) is 24.5 Å². The molecule has 0 spiro atoms. The second-order valence-corrected chi connectivity index (χ2v) is 7.02. The molecule has 5 nitrogen and oxygen atoms in total. The number of alkyl halides is 3. The summed E-state index contributed by atoms with van der Waals surface area (Å²) in [6, 6.07) is 0.478. The highest BCUT2D eigenvalue weighted by atomic mass is 32.2. The molecular weight excluding hydrogens is 295 g/mol. The predicted molar refractivity (Wildman–Crippen MR) is 69.1 cm³/mol. The molecule has 0 amide bonds. The lowest BCUT2D eigenvalue weighted by Crippen LogP contribution is -2.33. The number of sulfone groups is 1. The first kappa shape index (κ1) is 14.9. The van der Waals surface area contributed by atoms with Crippen LogP contribution in [0.3, 0.4) is 0 Å². The summed E-state index contributed by atoms with van der Waals surface area (Å²) in [5, 5.41) is 0. The van der Waals surface area contributed by atoms with E-state index in [0.29, 0.717) is 6.42 Å². The quantitative estimate of drug-likeness (QED) is 0.891. The van der Waals surface area contributed by atoms with Crippen LogP contribution in [0.15, 0.2) is 12.3 Å². The number of rotatable bonds is 2. The largest absolute Gasteiger partial charge is 0.433 e. The first-order valence-electron chi connectivity index (χ1n) is 5.86. The number of aromatic nitrogens is 1. The van der Waals surface area contributed by atoms with E-state index in [1.54, 1.807) is 0 Å². The normalized spacial score (nSPS) is 21.9. The molecule has 1 unspecified atom stereocenters. The lowest BCUT2D eigenvalue weighted by Gasteiger charge is -2.27. The molecule has 1 aromatic heterocycles. The molecule has 1 atom stereocenters. The summed E-state index contributed by atoms with van der Waals surface area (Å²) in [5.74, 6) is -0.0360. The van der Waals surface area contributed by atoms with Gasteiger partial charge in [0.05, 0.1) is 29.1 Å². The monoisotopic (exact) mass is 309 g/mol. The summed E-state index contributed by atoms with van der Waals surface area (Å²) in [4.78, 5) is 4.74. The van der Waals surface area contributed by atoms with Crippen molar-refractivity contribution in [1.29, 1.82) is 0 Å². The Morgan fingerprint density at radius 2 is 2.10 bits per heavy atom. The van der Waals surface area contributed by atoms with E-state index in [1.807, 2.05) is 0 Å². The molecule has 20 heavy (non-hydrogen) atoms. The molecule has 0 saturated carbocycles. The number of nitrogen functional groups attached to an aromatic ring is 1. The van der Waals surface area contributed by atoms with Gasteiger partial charge in [0.2, 0.25) is 0 Å². The van der Waals surface area contributed by atoms with Crippen LogP contribution in [0.1, 0.15) is 12.1 Å². The van der Waals surface area contributed by atoms with Crippen molar-refractivity contribution >= 4 is 21.2 Å². The minimum Gasteiger partial charge on any atom is -0.396 e. The number of nitrogens with zero attached hydrogens (tertiary/aromatic N) is 2. The molecule has 2 N–H and O–H groups in total. The van der Waals surface area contributed by atoms with Crippen LogP contribution >= 0.6 is 0 Å². The van der Waals surface area contributed by atoms with Gasteiger partial charge in [0.25, 0.3) is 0 Å². The summed E-state index contributed by atoms with van der Waals surface area (Å²) in [5.41, 5.74) is 4.84. The van der Waals surface area contributed by atoms with Crippen LogP contribution in [0.2, 0.25) is 0 Å². The number of anilines is 2. The third-order valence-corrected chi connectivity index (χ3v) is 5.09. The minimum atomic E-state index is -4.56. The summed E-state index contributed by atoms with van der Waals surface area (Å²) < 4.78 is 60.8. The molecule has 2 heterocycles. The third kappa shape index (κ3) is 2.97. The molecule has 1 saturated heterocycles. The Labute approximate surface area is 114 Å². The maximum atomic E-state index is 12.6. The van der Waals surface area contributed by atoms with Crippen molar-refractivity contribution in [2.45, 2.75) is 18.6 Å². The summed E-state index contributed by atoms with van der Waals surface area (Å²) in [7, 11) is -1.58. The fraction of sp³-hybridized carbons (Fsp3) is 0.545. The van der Waals surface area contributed by atoms with Gasteiger partial charge in [-0.25, -0.2) is 13.4 Å². The van der Waals surface area contributed by atoms with Crippen molar-refractivity contribution in [3.8, 4) is 0 Å². The van der Waals surface area contributed by atoms with Crippen molar-refractivity contribution in [3.63, 3.8) is 0 Å². The molecule has 2 rings (SSSR count). The van der Waals surface area contributed by atoms with Crippen molar-refractivity contribution in [2.75, 3.05) is 29.2 Å². The Morgan fingerprint density at radius 3 is 2.60 bits per heavy atom. The molecule has 1 fully saturated rings. The van der Waals surface area contributed by atoms with E-state index < -0.39 is 21.7 Å². The van der Waals surface area contributed by atoms with Gasteiger partial charge < -0.3 is 10.6 Å². The van der Waals surface area contributed by atoms with Crippen LogP contribution in [0.25, 0.3) is 0 Å². The summed E-state index contributed by atoms with van der Waals surface area (Å²) in [6.07, 6.45) is -3.24. The van der Waals surface area contributed by atoms with Crippen molar-refractivity contribution < 1.29 is 21.6 Å². The number of hydrogen-bond donors (Lipinski definition) is 1. The molecule has 0 bridgehead atoms. The highest BCUT2D eigenvalue weighted by Crippen LogP contribution is 2.34. The van der Waals surface area contributed by atoms with Gasteiger partial charge >= 0.3 is 6.18 Å². The predicted octanol–water partition coefficient (Wildman–Crippen LogP) is 1.31. The van der Waals surface area contributed by atoms with Crippen LogP contribution < -0.4 is 10.6 Å². The Bertz CT molecular complexity index is 616. The number of halogens is 3. The van der Waals surface area contributed by atoms with E-state index in [2.05, 4.69) is 4.98 Å². The lowest BCUT2D eigenvalue weighted by atomic mass is 10.2. The Balaban J connectivity index is 2.32. The maximum Gasteiger partial charge on any atom is 0.433 e. The third-order valence-electron chi connectivity index (χ3n) is 3.34. The smallest absolute Gasteiger partial charge is 0.396 e. The van der Waals surface area contributed by atoms with Crippen LogP contribution in [0.5, 0.6) is 0 Å². The molecule has 1 aliphatic heterocycles. The molecule has 1 aliphatic rings. The zero-order valence-corrected chi connectivity index (χ0v) is 11.5. The Kier molecular flexibility index (Phi) is 3.57. The van der Waals surface area contributed by atoms with E-state index in [0.717, 1.165) is 12.3 Å². The van der Waals surface area contributed by atoms with Crippen molar-refractivity contribution in [3.05, 3.63) is 18.0 Å². The average molecular weight is 309 g/mol. The van der Waals surface area contributed by atoms with Gasteiger partial charge in [-0.3, -0.25) is 0 Å². The molecule has 0 aliphatic carbocycles. The minimum absolute atomic E-state index is 0.0408. The fourth-order valence-electron chi connectivity index (χ4n) is 2.19. The van der Waals surface area contributed by atoms with Gasteiger partial charge in [-0.2, -0.15) is 13.2 Å². The second kappa shape index (κ2) is 4.80. The van der Waals surface area contributed by atoms with E-state index in [1.165, 1.54) is 11.9 Å². The van der Waals surface area contributed by atoms with E-state index in [9.17, 15) is 21.6 Å². The molecular formula is C11H14F3N3O2S. The molecule has 9 heteroatoms. The van der Waals surface area contributed by atoms with Crippen LogP contribution in [0, 0.1) is 0 Å². The maximum absolute atomic E-state index is 12.6. The molecule has 0 radical (unpaired) electrons. The zero-order valence-electron chi connectivity index (χ0n) is 10.7. The first-order valence-corrected chi connectivity index (χ1v) is 7.68. The lowest BCUT2D eigenvalue weighted by molar-refractivity contribution is -0.141. The molecule has 0 aromatic carbocycles. The first-order chi connectivity index (χ1) is 9.10. The summed E-state index contributed by atoms with van der Waals surface area (Å²) in [6.45, 7) is 0. The topological polar surface area (TPSA) is 76.3 Å². The highest BCUT2D eigenvalue weighted by Gasteiger charge is 2.35. The number of pyridine rings is 1. The second-order valence-electron chi connectivity index (χ2n) is 4.79. The zero-order chi connectivity index (χ0) is 15.1. The van der Waals surface area contributed by atoms with Gasteiger partial charge in [0.1, 0.15) is 5.69 Å². The van der Waals surface area contributed by atoms with Crippen LogP contribution in [-0.4, -0.2) is 38.0 Å². The van der Waals surface area contributed by atoms with Crippen LogP contribution in [-0.2, 0) is 16.0 Å². The SMILES string of the molecule is CN(c1cc(C(F)(F)F)ncc1N)C1CCS(=O)(=O)C1. The average Bonchev–Trinajstić information content (AvgIpc) is 2.68. The number of hydrogen-bond acceptors (Lipinski definition) is 5. The van der Waals surface area contributed by atoms with Crippen molar-refractivity contribution in [1.82, 2.24) is 4.98 Å². The van der Waals surface area contributed by atoms with E-state index >= 15 is 0 Å². The Morgan fingerprint density at radius 1 is 1.45 bits per heavy atom.